The number of nitrogens with one attached hydrogen (secondary N) is 1. The fraction of sp³-hybridized carbons (Fsp3) is 0.303. The molecule has 2 aliphatic rings. The molecule has 13 nitrogen and oxygen atoms in total. The SMILES string of the molecule is CN1CCN(c2ccc(C(=O)N3CCN(c4cc(C(=O)Nc5ncc6ccc(-c7cnn(C)c7)cc6n5)ccn4)CC3)cn2)CC1. The number of piperazine rings is 2. The summed E-state index contributed by atoms with van der Waals surface area (Å²) in [7, 11) is 4.00. The summed E-state index contributed by atoms with van der Waals surface area (Å²) in [6.45, 7) is 6.16. The van der Waals surface area contributed by atoms with Gasteiger partial charge in [0.25, 0.3) is 11.8 Å². The summed E-state index contributed by atoms with van der Waals surface area (Å²) in [5.41, 5.74) is 3.72. The van der Waals surface area contributed by atoms with Crippen LogP contribution in [0.1, 0.15) is 20.7 Å². The molecule has 2 saturated heterocycles. The number of rotatable bonds is 6. The number of carbonyl (C=O) groups is 2. The van der Waals surface area contributed by atoms with E-state index in [1.165, 1.54) is 0 Å². The largest absolute Gasteiger partial charge is 0.354 e. The highest BCUT2D eigenvalue weighted by molar-refractivity contribution is 6.04. The van der Waals surface area contributed by atoms with Crippen LogP contribution in [0.3, 0.4) is 0 Å². The first kappa shape index (κ1) is 29.3. The van der Waals surface area contributed by atoms with Crippen molar-refractivity contribution < 1.29 is 9.59 Å². The number of likely N-dealkylation sites (N-methyl/N-ethyl adjacent to an activating group) is 1. The zero-order valence-corrected chi connectivity index (χ0v) is 25.9. The Morgan fingerprint density at radius 2 is 1.50 bits per heavy atom. The molecule has 0 spiro atoms. The van der Waals surface area contributed by atoms with Crippen molar-refractivity contribution in [3.8, 4) is 11.1 Å². The van der Waals surface area contributed by atoms with Gasteiger partial charge in [0.1, 0.15) is 11.6 Å². The molecular formula is C33H35N11O2. The number of nitrogens with zero attached hydrogens (tertiary/aromatic N) is 10. The van der Waals surface area contributed by atoms with Gasteiger partial charge in [0.2, 0.25) is 5.95 Å². The quantitative estimate of drug-likeness (QED) is 0.304. The molecule has 5 aromatic rings. The second-order valence-electron chi connectivity index (χ2n) is 11.7. The van der Waals surface area contributed by atoms with E-state index in [1.807, 2.05) is 48.5 Å². The lowest BCUT2D eigenvalue weighted by atomic mass is 10.1. The number of anilines is 3. The first-order valence-electron chi connectivity index (χ1n) is 15.4. The third-order valence-corrected chi connectivity index (χ3v) is 8.57. The van der Waals surface area contributed by atoms with E-state index in [0.29, 0.717) is 43.1 Å². The van der Waals surface area contributed by atoms with Gasteiger partial charge in [-0.05, 0) is 42.9 Å². The van der Waals surface area contributed by atoms with Crippen molar-refractivity contribution >= 4 is 40.3 Å². The minimum absolute atomic E-state index is 0.0268. The van der Waals surface area contributed by atoms with E-state index in [4.69, 9.17) is 0 Å². The van der Waals surface area contributed by atoms with Crippen LogP contribution in [0.5, 0.6) is 0 Å². The molecule has 2 amide bonds. The molecular weight excluding hydrogens is 582 g/mol. The molecule has 6 heterocycles. The van der Waals surface area contributed by atoms with Gasteiger partial charge in [-0.1, -0.05) is 12.1 Å². The summed E-state index contributed by atoms with van der Waals surface area (Å²) < 4.78 is 1.75. The van der Waals surface area contributed by atoms with Crippen LogP contribution in [0.25, 0.3) is 22.0 Å². The van der Waals surface area contributed by atoms with Crippen LogP contribution in [0.2, 0.25) is 0 Å². The second-order valence-corrected chi connectivity index (χ2v) is 11.7. The Morgan fingerprint density at radius 1 is 0.717 bits per heavy atom. The smallest absolute Gasteiger partial charge is 0.258 e. The average Bonchev–Trinajstić information content (AvgIpc) is 3.54. The van der Waals surface area contributed by atoms with Gasteiger partial charge in [-0.3, -0.25) is 19.6 Å². The van der Waals surface area contributed by atoms with Crippen LogP contribution in [-0.4, -0.2) is 111 Å². The summed E-state index contributed by atoms with van der Waals surface area (Å²) in [5.74, 6) is 1.45. The predicted octanol–water partition coefficient (Wildman–Crippen LogP) is 2.79. The minimum atomic E-state index is -0.326. The fourth-order valence-corrected chi connectivity index (χ4v) is 5.80. The number of aryl methyl sites for hydroxylation is 1. The molecule has 1 aromatic carbocycles. The van der Waals surface area contributed by atoms with Crippen molar-refractivity contribution in [2.45, 2.75) is 0 Å². The third-order valence-electron chi connectivity index (χ3n) is 8.57. The molecule has 234 valence electrons. The molecule has 0 saturated carbocycles. The molecule has 0 unspecified atom stereocenters. The van der Waals surface area contributed by atoms with Gasteiger partial charge in [0.15, 0.2) is 0 Å². The molecule has 0 atom stereocenters. The standard InChI is InChI=1S/C33H35N11O2/c1-40-9-11-42(12-10-40)29-6-5-26(20-35-29)32(46)44-15-13-43(14-16-44)30-18-24(7-8-34-30)31(45)39-33-36-19-25-4-3-23(17-28(25)38-33)27-21-37-41(2)22-27/h3-8,17-22H,9-16H2,1-2H3,(H,36,38,39,45). The van der Waals surface area contributed by atoms with Crippen LogP contribution in [0, 0.1) is 0 Å². The highest BCUT2D eigenvalue weighted by atomic mass is 16.2. The van der Waals surface area contributed by atoms with Gasteiger partial charge >= 0.3 is 0 Å². The van der Waals surface area contributed by atoms with E-state index >= 15 is 0 Å². The Labute approximate surface area is 266 Å². The molecule has 7 rings (SSSR count). The van der Waals surface area contributed by atoms with Gasteiger partial charge in [-0.15, -0.1) is 0 Å². The predicted molar refractivity (Wildman–Crippen MR) is 176 cm³/mol. The molecule has 13 heteroatoms. The molecule has 2 aliphatic heterocycles. The van der Waals surface area contributed by atoms with Gasteiger partial charge in [0, 0.05) is 101 Å². The van der Waals surface area contributed by atoms with Crippen LogP contribution < -0.4 is 15.1 Å². The van der Waals surface area contributed by atoms with E-state index < -0.39 is 0 Å². The Kier molecular flexibility index (Phi) is 7.97. The molecule has 2 fully saturated rings. The summed E-state index contributed by atoms with van der Waals surface area (Å²) in [5, 5.41) is 7.93. The Morgan fingerprint density at radius 3 is 2.24 bits per heavy atom. The minimum Gasteiger partial charge on any atom is -0.354 e. The van der Waals surface area contributed by atoms with Crippen LogP contribution in [0.15, 0.2) is 73.4 Å². The average molecular weight is 618 g/mol. The topological polar surface area (TPSA) is 129 Å². The maximum absolute atomic E-state index is 13.2. The zero-order chi connectivity index (χ0) is 31.6. The van der Waals surface area contributed by atoms with Crippen molar-refractivity contribution in [2.24, 2.45) is 7.05 Å². The summed E-state index contributed by atoms with van der Waals surface area (Å²) >= 11 is 0. The first-order valence-corrected chi connectivity index (χ1v) is 15.4. The van der Waals surface area contributed by atoms with Crippen molar-refractivity contribution in [1.82, 2.24) is 39.5 Å². The zero-order valence-electron chi connectivity index (χ0n) is 25.9. The normalized spacial score (nSPS) is 15.7. The number of aromatic nitrogens is 6. The molecule has 0 aliphatic carbocycles. The lowest BCUT2D eigenvalue weighted by molar-refractivity contribution is 0.0746. The third kappa shape index (κ3) is 6.22. The van der Waals surface area contributed by atoms with Crippen LogP contribution >= 0.6 is 0 Å². The van der Waals surface area contributed by atoms with Crippen molar-refractivity contribution in [3.63, 3.8) is 0 Å². The highest BCUT2D eigenvalue weighted by Gasteiger charge is 2.24. The summed E-state index contributed by atoms with van der Waals surface area (Å²) in [6.07, 6.45) is 8.74. The van der Waals surface area contributed by atoms with E-state index in [1.54, 1.807) is 41.6 Å². The Hall–Kier alpha value is -5.43. The van der Waals surface area contributed by atoms with E-state index in [0.717, 1.165) is 54.0 Å². The van der Waals surface area contributed by atoms with E-state index in [-0.39, 0.29) is 17.8 Å². The van der Waals surface area contributed by atoms with Crippen LogP contribution in [0.4, 0.5) is 17.6 Å². The lowest BCUT2D eigenvalue weighted by Crippen LogP contribution is -2.49. The number of hydrogen-bond acceptors (Lipinski definition) is 10. The number of pyridine rings is 2. The highest BCUT2D eigenvalue weighted by Crippen LogP contribution is 2.24. The second kappa shape index (κ2) is 12.5. The van der Waals surface area contributed by atoms with Gasteiger partial charge in [-0.25, -0.2) is 19.9 Å². The number of carbonyl (C=O) groups excluding carboxylic acids is 2. The van der Waals surface area contributed by atoms with Gasteiger partial charge < -0.3 is 19.6 Å². The van der Waals surface area contributed by atoms with Crippen LogP contribution in [-0.2, 0) is 7.05 Å². The maximum atomic E-state index is 13.2. The number of benzene rings is 1. The Balaban J connectivity index is 0.967. The molecule has 1 N–H and O–H groups in total. The monoisotopic (exact) mass is 617 g/mol. The van der Waals surface area contributed by atoms with Crippen molar-refractivity contribution in [1.29, 1.82) is 0 Å². The van der Waals surface area contributed by atoms with Crippen molar-refractivity contribution in [3.05, 3.63) is 84.6 Å². The lowest BCUT2D eigenvalue weighted by Gasteiger charge is -2.35. The first-order chi connectivity index (χ1) is 22.4. The van der Waals surface area contributed by atoms with E-state index in [9.17, 15) is 9.59 Å². The molecule has 46 heavy (non-hydrogen) atoms. The van der Waals surface area contributed by atoms with Gasteiger partial charge in [-0.2, -0.15) is 5.10 Å². The number of fused-ring (bicyclic) bond motifs is 1. The molecule has 0 radical (unpaired) electrons. The summed E-state index contributed by atoms with van der Waals surface area (Å²) in [4.78, 5) is 52.9. The molecule has 4 aromatic heterocycles. The number of hydrogen-bond donors (Lipinski definition) is 1. The van der Waals surface area contributed by atoms with E-state index in [2.05, 4.69) is 52.1 Å². The molecule has 0 bridgehead atoms. The van der Waals surface area contributed by atoms with Gasteiger partial charge in [0.05, 0.1) is 17.3 Å². The Bertz CT molecular complexity index is 1870. The number of amides is 2. The fourth-order valence-electron chi connectivity index (χ4n) is 5.80. The summed E-state index contributed by atoms with van der Waals surface area (Å²) in [6, 6.07) is 13.1. The maximum Gasteiger partial charge on any atom is 0.258 e. The van der Waals surface area contributed by atoms with Crippen molar-refractivity contribution in [2.75, 3.05) is 74.5 Å².